The Kier molecular flexibility index (Phi) is 8.69. The third-order valence-corrected chi connectivity index (χ3v) is 4.73. The second-order valence-electron chi connectivity index (χ2n) is 5.65. The molecule has 2 N–H and O–H groups in total. The van der Waals surface area contributed by atoms with Crippen LogP contribution in [0.3, 0.4) is 0 Å². The molecule has 0 saturated heterocycles. The Labute approximate surface area is 140 Å². The van der Waals surface area contributed by atoms with Crippen LogP contribution in [-0.2, 0) is 16.3 Å². The molecular formula is C17H29N3O2S. The van der Waals surface area contributed by atoms with Crippen LogP contribution in [0.25, 0.3) is 0 Å². The first kappa shape index (κ1) is 19.5. The third-order valence-electron chi connectivity index (χ3n) is 3.60. The summed E-state index contributed by atoms with van der Waals surface area (Å²) in [6.45, 7) is 3.89. The minimum Gasteiger partial charge on any atom is -0.356 e. The van der Waals surface area contributed by atoms with Crippen molar-refractivity contribution in [2.45, 2.75) is 43.9 Å². The highest BCUT2D eigenvalue weighted by Gasteiger charge is 2.06. The molecule has 0 radical (unpaired) electrons. The van der Waals surface area contributed by atoms with Crippen LogP contribution in [0, 0.1) is 0 Å². The van der Waals surface area contributed by atoms with Gasteiger partial charge >= 0.3 is 0 Å². The molecule has 6 heteroatoms. The maximum atomic E-state index is 11.4. The summed E-state index contributed by atoms with van der Waals surface area (Å²) in [4.78, 5) is 4.56. The van der Waals surface area contributed by atoms with Gasteiger partial charge in [-0.3, -0.25) is 4.99 Å². The zero-order chi connectivity index (χ0) is 17.1. The van der Waals surface area contributed by atoms with E-state index in [-0.39, 0.29) is 0 Å². The Balaban J connectivity index is 2.31. The van der Waals surface area contributed by atoms with Gasteiger partial charge in [-0.1, -0.05) is 38.3 Å². The second kappa shape index (κ2) is 10.3. The molecule has 1 rings (SSSR count). The Morgan fingerprint density at radius 1 is 1.04 bits per heavy atom. The molecule has 0 fully saturated rings. The van der Waals surface area contributed by atoms with Crippen molar-refractivity contribution in [2.75, 3.05) is 26.4 Å². The predicted octanol–water partition coefficient (Wildman–Crippen LogP) is 2.38. The number of rotatable bonds is 9. The molecular weight excluding hydrogens is 310 g/mol. The first-order chi connectivity index (χ1) is 11.0. The quantitative estimate of drug-likeness (QED) is 0.412. The van der Waals surface area contributed by atoms with E-state index in [4.69, 9.17) is 0 Å². The normalized spacial score (nSPS) is 12.2. The monoisotopic (exact) mass is 339 g/mol. The van der Waals surface area contributed by atoms with Crippen molar-refractivity contribution >= 4 is 15.8 Å². The number of sulfone groups is 1. The van der Waals surface area contributed by atoms with Crippen LogP contribution >= 0.6 is 0 Å². The number of benzene rings is 1. The van der Waals surface area contributed by atoms with Crippen molar-refractivity contribution in [2.24, 2.45) is 4.99 Å². The van der Waals surface area contributed by atoms with Gasteiger partial charge in [-0.25, -0.2) is 8.42 Å². The molecule has 0 aliphatic rings. The van der Waals surface area contributed by atoms with E-state index in [2.05, 4.69) is 22.5 Å². The van der Waals surface area contributed by atoms with E-state index in [1.165, 1.54) is 25.5 Å². The SMILES string of the molecule is CCCCCCNC(=NC)NCCc1ccc(S(C)(=O)=O)cc1. The average Bonchev–Trinajstić information content (AvgIpc) is 2.52. The molecule has 1 aromatic carbocycles. The van der Waals surface area contributed by atoms with E-state index in [9.17, 15) is 8.42 Å². The van der Waals surface area contributed by atoms with Crippen molar-refractivity contribution in [1.82, 2.24) is 10.6 Å². The lowest BCUT2D eigenvalue weighted by Crippen LogP contribution is -2.38. The van der Waals surface area contributed by atoms with Crippen molar-refractivity contribution in [3.8, 4) is 0 Å². The summed E-state index contributed by atoms with van der Waals surface area (Å²) >= 11 is 0. The summed E-state index contributed by atoms with van der Waals surface area (Å²) < 4.78 is 22.8. The molecule has 23 heavy (non-hydrogen) atoms. The molecule has 130 valence electrons. The van der Waals surface area contributed by atoms with Crippen LogP contribution in [0.5, 0.6) is 0 Å². The molecule has 1 aromatic rings. The number of hydrogen-bond acceptors (Lipinski definition) is 3. The molecule has 0 aliphatic carbocycles. The fourth-order valence-corrected chi connectivity index (χ4v) is 2.84. The minimum absolute atomic E-state index is 0.360. The van der Waals surface area contributed by atoms with Gasteiger partial charge in [0.1, 0.15) is 0 Å². The van der Waals surface area contributed by atoms with E-state index < -0.39 is 9.84 Å². The first-order valence-corrected chi connectivity index (χ1v) is 10.1. The highest BCUT2D eigenvalue weighted by Crippen LogP contribution is 2.10. The number of nitrogens with one attached hydrogen (secondary N) is 2. The van der Waals surface area contributed by atoms with Crippen LogP contribution < -0.4 is 10.6 Å². The number of aliphatic imine (C=N–C) groups is 1. The standard InChI is InChI=1S/C17H29N3O2S/c1-4-5-6-7-13-19-17(18-2)20-14-12-15-8-10-16(11-9-15)23(3,21)22/h8-11H,4-7,12-14H2,1-3H3,(H2,18,19,20). The minimum atomic E-state index is -3.12. The van der Waals surface area contributed by atoms with Crippen LogP contribution in [-0.4, -0.2) is 40.8 Å². The maximum absolute atomic E-state index is 11.4. The molecule has 0 heterocycles. The van der Waals surface area contributed by atoms with Gasteiger partial charge in [0.25, 0.3) is 0 Å². The van der Waals surface area contributed by atoms with Crippen molar-refractivity contribution in [3.63, 3.8) is 0 Å². The molecule has 0 unspecified atom stereocenters. The molecule has 0 atom stereocenters. The average molecular weight is 340 g/mol. The summed E-state index contributed by atoms with van der Waals surface area (Å²) in [5.74, 6) is 0.814. The summed E-state index contributed by atoms with van der Waals surface area (Å²) in [5.41, 5.74) is 1.10. The van der Waals surface area contributed by atoms with E-state index in [1.54, 1.807) is 19.2 Å². The van der Waals surface area contributed by atoms with Gasteiger partial charge in [0.15, 0.2) is 15.8 Å². The molecule has 5 nitrogen and oxygen atoms in total. The lowest BCUT2D eigenvalue weighted by Gasteiger charge is -2.12. The Morgan fingerprint density at radius 2 is 1.70 bits per heavy atom. The molecule has 0 aliphatic heterocycles. The van der Waals surface area contributed by atoms with Gasteiger partial charge in [-0.15, -0.1) is 0 Å². The van der Waals surface area contributed by atoms with E-state index in [0.29, 0.717) is 4.90 Å². The number of unbranched alkanes of at least 4 members (excludes halogenated alkanes) is 3. The first-order valence-electron chi connectivity index (χ1n) is 8.21. The van der Waals surface area contributed by atoms with Crippen LogP contribution in [0.4, 0.5) is 0 Å². The van der Waals surface area contributed by atoms with E-state index >= 15 is 0 Å². The van der Waals surface area contributed by atoms with Gasteiger partial charge < -0.3 is 10.6 Å². The fraction of sp³-hybridized carbons (Fsp3) is 0.588. The smallest absolute Gasteiger partial charge is 0.190 e. The van der Waals surface area contributed by atoms with Crippen LogP contribution in [0.2, 0.25) is 0 Å². The number of guanidine groups is 1. The molecule has 0 bridgehead atoms. The van der Waals surface area contributed by atoms with Gasteiger partial charge in [0.2, 0.25) is 0 Å². The Hall–Kier alpha value is -1.56. The lowest BCUT2D eigenvalue weighted by atomic mass is 10.1. The summed E-state index contributed by atoms with van der Waals surface area (Å²) in [6, 6.07) is 7.04. The summed E-state index contributed by atoms with van der Waals surface area (Å²) in [5, 5.41) is 6.58. The van der Waals surface area contributed by atoms with Crippen LogP contribution in [0.1, 0.15) is 38.2 Å². The van der Waals surface area contributed by atoms with Crippen molar-refractivity contribution < 1.29 is 8.42 Å². The van der Waals surface area contributed by atoms with Gasteiger partial charge in [-0.05, 0) is 30.5 Å². The highest BCUT2D eigenvalue weighted by atomic mass is 32.2. The zero-order valence-electron chi connectivity index (χ0n) is 14.4. The van der Waals surface area contributed by atoms with Gasteiger partial charge in [-0.2, -0.15) is 0 Å². The maximum Gasteiger partial charge on any atom is 0.190 e. The lowest BCUT2D eigenvalue weighted by molar-refractivity contribution is 0.602. The van der Waals surface area contributed by atoms with Crippen molar-refractivity contribution in [1.29, 1.82) is 0 Å². The molecule has 0 aromatic heterocycles. The zero-order valence-corrected chi connectivity index (χ0v) is 15.2. The third kappa shape index (κ3) is 8.02. The number of nitrogens with zero attached hydrogens (tertiary/aromatic N) is 1. The van der Waals surface area contributed by atoms with E-state index in [1.807, 2.05) is 12.1 Å². The molecule has 0 saturated carbocycles. The molecule has 0 spiro atoms. The second-order valence-corrected chi connectivity index (χ2v) is 7.67. The predicted molar refractivity (Wildman–Crippen MR) is 96.8 cm³/mol. The largest absolute Gasteiger partial charge is 0.356 e. The summed E-state index contributed by atoms with van der Waals surface area (Å²) in [7, 11) is -1.35. The van der Waals surface area contributed by atoms with Gasteiger partial charge in [0.05, 0.1) is 4.90 Å². The Bertz CT molecular complexity index is 580. The topological polar surface area (TPSA) is 70.6 Å². The van der Waals surface area contributed by atoms with Gasteiger partial charge in [0, 0.05) is 26.4 Å². The van der Waals surface area contributed by atoms with Crippen molar-refractivity contribution in [3.05, 3.63) is 29.8 Å². The fourth-order valence-electron chi connectivity index (χ4n) is 2.21. The number of hydrogen-bond donors (Lipinski definition) is 2. The van der Waals surface area contributed by atoms with Crippen LogP contribution in [0.15, 0.2) is 34.2 Å². The summed E-state index contributed by atoms with van der Waals surface area (Å²) in [6.07, 6.45) is 6.96. The highest BCUT2D eigenvalue weighted by molar-refractivity contribution is 7.90. The Morgan fingerprint density at radius 3 is 2.26 bits per heavy atom. The molecule has 0 amide bonds. The van der Waals surface area contributed by atoms with E-state index in [0.717, 1.165) is 37.5 Å².